The van der Waals surface area contributed by atoms with E-state index in [0.717, 1.165) is 15.7 Å². The Hall–Kier alpha value is -1.62. The minimum atomic E-state index is -0.00873. The lowest BCUT2D eigenvalue weighted by molar-refractivity contribution is 0.0784. The average Bonchev–Trinajstić information content (AvgIpc) is 2.67. The number of aryl methyl sites for hydroxylation is 2. The van der Waals surface area contributed by atoms with Crippen LogP contribution in [0.3, 0.4) is 0 Å². The number of carbonyl (C=O) groups is 1. The van der Waals surface area contributed by atoms with Crippen LogP contribution in [0.2, 0.25) is 0 Å². The van der Waals surface area contributed by atoms with E-state index in [9.17, 15) is 4.79 Å². The van der Waals surface area contributed by atoms with E-state index in [0.29, 0.717) is 12.1 Å². The number of benzene rings is 1. The molecule has 0 fully saturated rings. The standard InChI is InChI=1S/C14H16BrN3O/c1-10-13(9-18(3)16-10)14(19)17(2)8-11-5-4-6-12(15)7-11/h4-7,9H,8H2,1-3H3. The normalized spacial score (nSPS) is 10.5. The van der Waals surface area contributed by atoms with Gasteiger partial charge in [-0.3, -0.25) is 9.48 Å². The average molecular weight is 322 g/mol. The number of hydrogen-bond donors (Lipinski definition) is 0. The summed E-state index contributed by atoms with van der Waals surface area (Å²) in [5.41, 5.74) is 2.50. The summed E-state index contributed by atoms with van der Waals surface area (Å²) < 4.78 is 2.68. The SMILES string of the molecule is Cc1nn(C)cc1C(=O)N(C)Cc1cccc(Br)c1. The highest BCUT2D eigenvalue weighted by Crippen LogP contribution is 2.15. The molecule has 5 heteroatoms. The first-order valence-electron chi connectivity index (χ1n) is 5.97. The molecule has 0 aliphatic rings. The summed E-state index contributed by atoms with van der Waals surface area (Å²) in [5, 5.41) is 4.20. The van der Waals surface area contributed by atoms with Crippen molar-refractivity contribution in [2.24, 2.45) is 7.05 Å². The quantitative estimate of drug-likeness (QED) is 0.871. The molecule has 1 heterocycles. The van der Waals surface area contributed by atoms with Crippen molar-refractivity contribution in [3.8, 4) is 0 Å². The summed E-state index contributed by atoms with van der Waals surface area (Å²) in [6, 6.07) is 7.95. The maximum absolute atomic E-state index is 12.3. The van der Waals surface area contributed by atoms with Crippen molar-refractivity contribution >= 4 is 21.8 Å². The zero-order chi connectivity index (χ0) is 14.0. The molecule has 0 N–H and O–H groups in total. The van der Waals surface area contributed by atoms with E-state index >= 15 is 0 Å². The molecule has 100 valence electrons. The molecule has 0 atom stereocenters. The van der Waals surface area contributed by atoms with Gasteiger partial charge < -0.3 is 4.90 Å². The van der Waals surface area contributed by atoms with Crippen LogP contribution in [0.15, 0.2) is 34.9 Å². The molecule has 1 aromatic heterocycles. The van der Waals surface area contributed by atoms with Crippen LogP contribution in [0, 0.1) is 6.92 Å². The van der Waals surface area contributed by atoms with Crippen LogP contribution in [-0.2, 0) is 13.6 Å². The van der Waals surface area contributed by atoms with E-state index in [1.807, 2.05) is 38.2 Å². The van der Waals surface area contributed by atoms with Crippen molar-refractivity contribution in [1.29, 1.82) is 0 Å². The molecule has 0 bridgehead atoms. The Labute approximate surface area is 121 Å². The molecule has 2 aromatic rings. The maximum Gasteiger partial charge on any atom is 0.257 e. The van der Waals surface area contributed by atoms with E-state index in [-0.39, 0.29) is 5.91 Å². The van der Waals surface area contributed by atoms with Crippen molar-refractivity contribution in [3.05, 3.63) is 51.8 Å². The van der Waals surface area contributed by atoms with Gasteiger partial charge in [0.25, 0.3) is 5.91 Å². The fourth-order valence-corrected chi connectivity index (χ4v) is 2.44. The number of aromatic nitrogens is 2. The summed E-state index contributed by atoms with van der Waals surface area (Å²) in [4.78, 5) is 14.0. The van der Waals surface area contributed by atoms with Gasteiger partial charge in [0.1, 0.15) is 0 Å². The second-order valence-corrected chi connectivity index (χ2v) is 5.51. The monoisotopic (exact) mass is 321 g/mol. The molecule has 0 saturated heterocycles. The summed E-state index contributed by atoms with van der Waals surface area (Å²) in [6.45, 7) is 2.42. The number of halogens is 1. The van der Waals surface area contributed by atoms with Gasteiger partial charge in [-0.1, -0.05) is 28.1 Å². The Morgan fingerprint density at radius 2 is 2.21 bits per heavy atom. The lowest BCUT2D eigenvalue weighted by Crippen LogP contribution is -2.26. The number of hydrogen-bond acceptors (Lipinski definition) is 2. The molecule has 4 nitrogen and oxygen atoms in total. The lowest BCUT2D eigenvalue weighted by Gasteiger charge is -2.17. The summed E-state index contributed by atoms with van der Waals surface area (Å²) in [7, 11) is 3.62. The van der Waals surface area contributed by atoms with Gasteiger partial charge in [-0.05, 0) is 24.6 Å². The Morgan fingerprint density at radius 1 is 1.47 bits per heavy atom. The van der Waals surface area contributed by atoms with Crippen LogP contribution in [0.5, 0.6) is 0 Å². The summed E-state index contributed by atoms with van der Waals surface area (Å²) in [6.07, 6.45) is 1.76. The highest BCUT2D eigenvalue weighted by atomic mass is 79.9. The van der Waals surface area contributed by atoms with Crippen molar-refractivity contribution in [2.45, 2.75) is 13.5 Å². The molecule has 1 amide bonds. The van der Waals surface area contributed by atoms with E-state index in [1.165, 1.54) is 0 Å². The van der Waals surface area contributed by atoms with Gasteiger partial charge in [-0.25, -0.2) is 0 Å². The molecule has 0 aliphatic carbocycles. The highest BCUT2D eigenvalue weighted by Gasteiger charge is 2.16. The van der Waals surface area contributed by atoms with Gasteiger partial charge in [0, 0.05) is 31.3 Å². The molecule has 0 unspecified atom stereocenters. The molecule has 0 aliphatic heterocycles. The van der Waals surface area contributed by atoms with E-state index in [1.54, 1.807) is 22.8 Å². The number of amides is 1. The van der Waals surface area contributed by atoms with E-state index in [4.69, 9.17) is 0 Å². The molecule has 2 rings (SSSR count). The molecule has 1 aromatic carbocycles. The van der Waals surface area contributed by atoms with Gasteiger partial charge in [-0.2, -0.15) is 5.10 Å². The number of carbonyl (C=O) groups excluding carboxylic acids is 1. The van der Waals surface area contributed by atoms with Gasteiger partial charge >= 0.3 is 0 Å². The fraction of sp³-hybridized carbons (Fsp3) is 0.286. The van der Waals surface area contributed by atoms with Crippen molar-refractivity contribution < 1.29 is 4.79 Å². The number of nitrogens with zero attached hydrogens (tertiary/aromatic N) is 3. The van der Waals surface area contributed by atoms with Crippen LogP contribution in [0.25, 0.3) is 0 Å². The molecular formula is C14H16BrN3O. The molecule has 0 saturated carbocycles. The minimum absolute atomic E-state index is 0.00873. The third-order valence-electron chi connectivity index (χ3n) is 2.90. The summed E-state index contributed by atoms with van der Waals surface area (Å²) in [5.74, 6) is -0.00873. The van der Waals surface area contributed by atoms with Crippen LogP contribution in [-0.4, -0.2) is 27.6 Å². The topological polar surface area (TPSA) is 38.1 Å². The minimum Gasteiger partial charge on any atom is -0.337 e. The van der Waals surface area contributed by atoms with Gasteiger partial charge in [0.05, 0.1) is 11.3 Å². The predicted molar refractivity (Wildman–Crippen MR) is 77.9 cm³/mol. The highest BCUT2D eigenvalue weighted by molar-refractivity contribution is 9.10. The van der Waals surface area contributed by atoms with Crippen molar-refractivity contribution in [1.82, 2.24) is 14.7 Å². The molecule has 0 radical (unpaired) electrons. The Kier molecular flexibility index (Phi) is 4.04. The second-order valence-electron chi connectivity index (χ2n) is 4.59. The smallest absolute Gasteiger partial charge is 0.257 e. The Balaban J connectivity index is 2.14. The van der Waals surface area contributed by atoms with Gasteiger partial charge in [-0.15, -0.1) is 0 Å². The largest absolute Gasteiger partial charge is 0.337 e. The third-order valence-corrected chi connectivity index (χ3v) is 3.39. The zero-order valence-corrected chi connectivity index (χ0v) is 12.8. The predicted octanol–water partition coefficient (Wildman–Crippen LogP) is 2.76. The second kappa shape index (κ2) is 5.57. The van der Waals surface area contributed by atoms with Crippen LogP contribution in [0.1, 0.15) is 21.6 Å². The van der Waals surface area contributed by atoms with E-state index in [2.05, 4.69) is 21.0 Å². The van der Waals surface area contributed by atoms with Crippen LogP contribution >= 0.6 is 15.9 Å². The van der Waals surface area contributed by atoms with Crippen LogP contribution < -0.4 is 0 Å². The Morgan fingerprint density at radius 3 is 2.79 bits per heavy atom. The third kappa shape index (κ3) is 3.23. The Bertz CT molecular complexity index is 606. The van der Waals surface area contributed by atoms with Gasteiger partial charge in [0.2, 0.25) is 0 Å². The molecule has 0 spiro atoms. The first-order valence-corrected chi connectivity index (χ1v) is 6.77. The molecular weight excluding hydrogens is 306 g/mol. The zero-order valence-electron chi connectivity index (χ0n) is 11.2. The first kappa shape index (κ1) is 13.8. The van der Waals surface area contributed by atoms with Crippen molar-refractivity contribution in [2.75, 3.05) is 7.05 Å². The molecule has 19 heavy (non-hydrogen) atoms. The van der Waals surface area contributed by atoms with E-state index < -0.39 is 0 Å². The summed E-state index contributed by atoms with van der Waals surface area (Å²) >= 11 is 3.43. The van der Waals surface area contributed by atoms with Crippen LogP contribution in [0.4, 0.5) is 0 Å². The van der Waals surface area contributed by atoms with Crippen molar-refractivity contribution in [3.63, 3.8) is 0 Å². The number of rotatable bonds is 3. The lowest BCUT2D eigenvalue weighted by atomic mass is 10.2. The first-order chi connectivity index (χ1) is 8.97. The fourth-order valence-electron chi connectivity index (χ4n) is 2.00. The maximum atomic E-state index is 12.3. The van der Waals surface area contributed by atoms with Gasteiger partial charge in [0.15, 0.2) is 0 Å².